The van der Waals surface area contributed by atoms with Crippen molar-refractivity contribution in [3.63, 3.8) is 0 Å². The van der Waals surface area contributed by atoms with Gasteiger partial charge in [0.2, 0.25) is 0 Å². The van der Waals surface area contributed by atoms with E-state index in [1.54, 1.807) is 12.1 Å². The molecule has 1 N–H and O–H groups in total. The van der Waals surface area contributed by atoms with E-state index < -0.39 is 0 Å². The Labute approximate surface area is 155 Å². The lowest BCUT2D eigenvalue weighted by atomic mass is 10.1. The molecule has 134 valence electrons. The highest BCUT2D eigenvalue weighted by Gasteiger charge is 2.12. The summed E-state index contributed by atoms with van der Waals surface area (Å²) in [5.74, 6) is 0.150. The summed E-state index contributed by atoms with van der Waals surface area (Å²) in [7, 11) is 0. The molecule has 0 aliphatic carbocycles. The minimum atomic E-state index is -0.256. The van der Waals surface area contributed by atoms with Crippen molar-refractivity contribution in [2.24, 2.45) is 0 Å². The van der Waals surface area contributed by atoms with Gasteiger partial charge in [0, 0.05) is 11.3 Å². The van der Waals surface area contributed by atoms with Crippen molar-refractivity contribution in [2.75, 3.05) is 11.9 Å². The molecule has 4 nitrogen and oxygen atoms in total. The normalized spacial score (nSPS) is 10.6. The molecule has 0 atom stereocenters. The molecule has 0 saturated carbocycles. The van der Waals surface area contributed by atoms with Gasteiger partial charge in [-0.2, -0.15) is 0 Å². The molecule has 0 aliphatic rings. The van der Waals surface area contributed by atoms with E-state index >= 15 is 0 Å². The van der Waals surface area contributed by atoms with E-state index in [0.717, 1.165) is 21.7 Å². The van der Waals surface area contributed by atoms with E-state index in [9.17, 15) is 9.18 Å². The first-order valence-corrected chi connectivity index (χ1v) is 9.01. The van der Waals surface area contributed by atoms with Crippen LogP contribution in [0.2, 0.25) is 0 Å². The number of nitrogens with one attached hydrogen (secondary N) is 1. The van der Waals surface area contributed by atoms with Crippen LogP contribution in [-0.4, -0.2) is 17.5 Å². The van der Waals surface area contributed by atoms with Gasteiger partial charge in [-0.3, -0.25) is 10.1 Å². The minimum absolute atomic E-state index is 0.0740. The second kappa shape index (κ2) is 8.10. The summed E-state index contributed by atoms with van der Waals surface area (Å²) in [6, 6.07) is 13.9. The number of hydrogen-bond donors (Lipinski definition) is 1. The number of nitrogens with zero attached hydrogens (tertiary/aromatic N) is 1. The molecule has 0 aliphatic heterocycles. The average molecular weight is 370 g/mol. The zero-order valence-corrected chi connectivity index (χ0v) is 15.4. The van der Waals surface area contributed by atoms with E-state index in [4.69, 9.17) is 4.74 Å². The van der Waals surface area contributed by atoms with Crippen molar-refractivity contribution in [3.05, 3.63) is 76.0 Å². The summed E-state index contributed by atoms with van der Waals surface area (Å²) in [5.41, 5.74) is 2.93. The number of carbonyl (C=O) groups is 1. The highest BCUT2D eigenvalue weighted by atomic mass is 32.1. The van der Waals surface area contributed by atoms with Crippen LogP contribution >= 0.6 is 11.3 Å². The number of aryl methyl sites for hydroxylation is 2. The maximum absolute atomic E-state index is 13.0. The predicted octanol–water partition coefficient (Wildman–Crippen LogP) is 4.51. The average Bonchev–Trinajstić information content (AvgIpc) is 2.94. The van der Waals surface area contributed by atoms with Gasteiger partial charge >= 0.3 is 0 Å². The summed E-state index contributed by atoms with van der Waals surface area (Å²) in [6.07, 6.45) is 0.652. The highest BCUT2D eigenvalue weighted by Crippen LogP contribution is 2.25. The zero-order valence-electron chi connectivity index (χ0n) is 14.6. The Morgan fingerprint density at radius 1 is 1.19 bits per heavy atom. The van der Waals surface area contributed by atoms with E-state index in [1.165, 1.54) is 23.5 Å². The number of carbonyl (C=O) groups excluding carboxylic acids is 1. The Balaban J connectivity index is 1.58. The number of hydrogen-bond acceptors (Lipinski definition) is 4. The van der Waals surface area contributed by atoms with Gasteiger partial charge in [-0.05, 0) is 49.2 Å². The van der Waals surface area contributed by atoms with Gasteiger partial charge in [0.15, 0.2) is 11.7 Å². The van der Waals surface area contributed by atoms with Crippen molar-refractivity contribution < 1.29 is 13.9 Å². The molecule has 26 heavy (non-hydrogen) atoms. The molecule has 1 amide bonds. The molecule has 6 heteroatoms. The third-order valence-corrected chi connectivity index (χ3v) is 4.85. The number of rotatable bonds is 6. The molecular formula is C20H19FN2O2S. The van der Waals surface area contributed by atoms with Gasteiger partial charge < -0.3 is 4.74 Å². The number of thiazole rings is 1. The fourth-order valence-electron chi connectivity index (χ4n) is 2.44. The molecule has 0 radical (unpaired) electrons. The van der Waals surface area contributed by atoms with Crippen LogP contribution in [0.5, 0.6) is 5.75 Å². The Morgan fingerprint density at radius 2 is 1.96 bits per heavy atom. The topological polar surface area (TPSA) is 51.2 Å². The molecule has 1 aromatic heterocycles. The molecule has 0 fully saturated rings. The molecule has 1 heterocycles. The lowest BCUT2D eigenvalue weighted by Crippen LogP contribution is -2.20. The van der Waals surface area contributed by atoms with Crippen LogP contribution < -0.4 is 10.1 Å². The quantitative estimate of drug-likeness (QED) is 0.695. The monoisotopic (exact) mass is 370 g/mol. The number of amides is 1. The van der Waals surface area contributed by atoms with E-state index in [1.807, 2.05) is 38.1 Å². The molecule has 3 aromatic rings. The maximum Gasteiger partial charge on any atom is 0.264 e. The Morgan fingerprint density at radius 3 is 2.69 bits per heavy atom. The van der Waals surface area contributed by atoms with Gasteiger partial charge in [0.05, 0.1) is 5.69 Å². The fraction of sp³-hybridized carbons (Fsp3) is 0.200. The molecule has 0 bridgehead atoms. The van der Waals surface area contributed by atoms with Gasteiger partial charge in [0.25, 0.3) is 5.91 Å². The van der Waals surface area contributed by atoms with Crippen LogP contribution in [0.4, 0.5) is 9.52 Å². The number of aromatic nitrogens is 1. The van der Waals surface area contributed by atoms with Crippen LogP contribution in [0.25, 0.3) is 0 Å². The van der Waals surface area contributed by atoms with Crippen LogP contribution in [0.15, 0.2) is 48.5 Å². The third kappa shape index (κ3) is 4.89. The molecule has 0 unspecified atom stereocenters. The number of anilines is 1. The summed E-state index contributed by atoms with van der Waals surface area (Å²) in [4.78, 5) is 17.5. The summed E-state index contributed by atoms with van der Waals surface area (Å²) < 4.78 is 18.5. The van der Waals surface area contributed by atoms with Crippen LogP contribution in [0.3, 0.4) is 0 Å². The van der Waals surface area contributed by atoms with E-state index in [0.29, 0.717) is 17.3 Å². The van der Waals surface area contributed by atoms with Gasteiger partial charge in [-0.15, -0.1) is 11.3 Å². The number of benzene rings is 2. The highest BCUT2D eigenvalue weighted by molar-refractivity contribution is 7.15. The van der Waals surface area contributed by atoms with Crippen LogP contribution in [-0.2, 0) is 11.2 Å². The SMILES string of the molecule is Cc1cccc(OCC(=O)Nc2nc(C)c(Cc3ccc(F)cc3)s2)c1. The molecule has 3 rings (SSSR count). The third-order valence-electron chi connectivity index (χ3n) is 3.78. The Kier molecular flexibility index (Phi) is 5.63. The van der Waals surface area contributed by atoms with Crippen molar-refractivity contribution in [2.45, 2.75) is 20.3 Å². The van der Waals surface area contributed by atoms with Gasteiger partial charge in [-0.1, -0.05) is 24.3 Å². The summed E-state index contributed by atoms with van der Waals surface area (Å²) in [6.45, 7) is 3.79. The Bertz CT molecular complexity index is 906. The van der Waals surface area contributed by atoms with Gasteiger partial charge in [0.1, 0.15) is 11.6 Å². The first kappa shape index (κ1) is 18.1. The predicted molar refractivity (Wildman–Crippen MR) is 101 cm³/mol. The van der Waals surface area contributed by atoms with Gasteiger partial charge in [-0.25, -0.2) is 9.37 Å². The van der Waals surface area contributed by atoms with Crippen LogP contribution in [0, 0.1) is 19.7 Å². The first-order valence-electron chi connectivity index (χ1n) is 8.19. The molecule has 0 spiro atoms. The largest absolute Gasteiger partial charge is 0.484 e. The second-order valence-corrected chi connectivity index (χ2v) is 7.07. The summed E-state index contributed by atoms with van der Waals surface area (Å²) >= 11 is 1.42. The molecule has 2 aromatic carbocycles. The van der Waals surface area contributed by atoms with Crippen LogP contribution in [0.1, 0.15) is 21.7 Å². The standard InChI is InChI=1S/C20H19FN2O2S/c1-13-4-3-5-17(10-13)25-12-19(24)23-20-22-14(2)18(26-20)11-15-6-8-16(21)9-7-15/h3-10H,11-12H2,1-2H3,(H,22,23,24). The van der Waals surface area contributed by atoms with Crippen molar-refractivity contribution >= 4 is 22.4 Å². The fourth-order valence-corrected chi connectivity index (χ4v) is 3.46. The summed E-state index contributed by atoms with van der Waals surface area (Å²) in [5, 5.41) is 3.31. The lowest BCUT2D eigenvalue weighted by molar-refractivity contribution is -0.118. The zero-order chi connectivity index (χ0) is 18.5. The smallest absolute Gasteiger partial charge is 0.264 e. The Hall–Kier alpha value is -2.73. The second-order valence-electron chi connectivity index (χ2n) is 5.98. The van der Waals surface area contributed by atoms with E-state index in [-0.39, 0.29) is 18.3 Å². The molecule has 0 saturated heterocycles. The number of halogens is 1. The minimum Gasteiger partial charge on any atom is -0.484 e. The molecular weight excluding hydrogens is 351 g/mol. The number of ether oxygens (including phenoxy) is 1. The lowest BCUT2D eigenvalue weighted by Gasteiger charge is -2.06. The van der Waals surface area contributed by atoms with E-state index in [2.05, 4.69) is 10.3 Å². The first-order chi connectivity index (χ1) is 12.5. The maximum atomic E-state index is 13.0. The van der Waals surface area contributed by atoms with Crippen molar-refractivity contribution in [1.29, 1.82) is 0 Å². The van der Waals surface area contributed by atoms with Crippen molar-refractivity contribution in [1.82, 2.24) is 4.98 Å². The van der Waals surface area contributed by atoms with Crippen molar-refractivity contribution in [3.8, 4) is 5.75 Å².